The van der Waals surface area contributed by atoms with Crippen molar-refractivity contribution in [1.82, 2.24) is 24.1 Å². The first-order chi connectivity index (χ1) is 14.4. The molecule has 0 atom stereocenters. The molecule has 3 heterocycles. The zero-order chi connectivity index (χ0) is 21.7. The number of nitrogens with one attached hydrogen (secondary N) is 1. The Balaban J connectivity index is 2.01. The van der Waals surface area contributed by atoms with Gasteiger partial charge in [0, 0.05) is 25.5 Å². The number of carbonyl (C=O) groups is 1. The molecular weight excluding hydrogens is 386 g/mol. The van der Waals surface area contributed by atoms with E-state index in [1.807, 2.05) is 6.92 Å². The lowest BCUT2D eigenvalue weighted by Crippen LogP contribution is -2.31. The summed E-state index contributed by atoms with van der Waals surface area (Å²) in [6.07, 6.45) is 5.49. The van der Waals surface area contributed by atoms with Crippen LogP contribution in [-0.4, -0.2) is 30.1 Å². The van der Waals surface area contributed by atoms with Crippen molar-refractivity contribution in [2.24, 2.45) is 5.92 Å². The number of H-pyrrole nitrogens is 1. The van der Waals surface area contributed by atoms with Crippen LogP contribution in [0.2, 0.25) is 0 Å². The van der Waals surface area contributed by atoms with Gasteiger partial charge in [-0.05, 0) is 30.9 Å². The maximum atomic E-state index is 12.6. The van der Waals surface area contributed by atoms with E-state index in [0.29, 0.717) is 41.6 Å². The van der Waals surface area contributed by atoms with Crippen LogP contribution in [0.3, 0.4) is 0 Å². The van der Waals surface area contributed by atoms with Gasteiger partial charge in [0.05, 0.1) is 5.56 Å². The number of fused-ring (bicyclic) bond motifs is 1. The van der Waals surface area contributed by atoms with E-state index in [-0.39, 0.29) is 6.61 Å². The first kappa shape index (κ1) is 21.5. The summed E-state index contributed by atoms with van der Waals surface area (Å²) in [6.45, 7) is 7.08. The van der Waals surface area contributed by atoms with Crippen LogP contribution in [0.1, 0.15) is 56.2 Å². The third-order valence-electron chi connectivity index (χ3n) is 4.86. The van der Waals surface area contributed by atoms with E-state index in [2.05, 4.69) is 28.8 Å². The summed E-state index contributed by atoms with van der Waals surface area (Å²) >= 11 is 0. The molecule has 0 aliphatic heterocycles. The smallest absolute Gasteiger partial charge is 0.340 e. The number of hydrogen-bond acceptors (Lipinski definition) is 6. The second kappa shape index (κ2) is 9.51. The molecule has 9 nitrogen and oxygen atoms in total. The number of aromatic amines is 1. The lowest BCUT2D eigenvalue weighted by molar-refractivity contribution is 0.0457. The summed E-state index contributed by atoms with van der Waals surface area (Å²) in [6, 6.07) is 3.27. The molecule has 0 amide bonds. The maximum absolute atomic E-state index is 12.6. The molecule has 160 valence electrons. The number of hydrogen-bond donors (Lipinski definition) is 1. The van der Waals surface area contributed by atoms with Gasteiger partial charge in [0.2, 0.25) is 0 Å². The molecule has 0 aliphatic rings. The molecule has 0 spiro atoms. The molecule has 0 saturated carbocycles. The number of nitrogens with zero attached hydrogens (tertiary/aromatic N) is 4. The highest BCUT2D eigenvalue weighted by atomic mass is 16.5. The lowest BCUT2D eigenvalue weighted by atomic mass is 10.1. The Bertz CT molecular complexity index is 1130. The fourth-order valence-corrected chi connectivity index (χ4v) is 3.18. The van der Waals surface area contributed by atoms with Gasteiger partial charge in [0.25, 0.3) is 5.56 Å². The summed E-state index contributed by atoms with van der Waals surface area (Å²) < 4.78 is 8.66. The Hall–Kier alpha value is -3.23. The van der Waals surface area contributed by atoms with Crippen molar-refractivity contribution in [3.05, 3.63) is 56.8 Å². The molecule has 9 heteroatoms. The fourth-order valence-electron chi connectivity index (χ4n) is 3.18. The Kier molecular flexibility index (Phi) is 6.81. The van der Waals surface area contributed by atoms with E-state index in [4.69, 9.17) is 4.74 Å². The molecular formula is C21H27N5O4. The Morgan fingerprint density at radius 2 is 2.03 bits per heavy atom. The minimum atomic E-state index is -0.525. The summed E-state index contributed by atoms with van der Waals surface area (Å²) in [4.78, 5) is 48.2. The van der Waals surface area contributed by atoms with E-state index < -0.39 is 17.2 Å². The Morgan fingerprint density at radius 1 is 1.23 bits per heavy atom. The van der Waals surface area contributed by atoms with Gasteiger partial charge < -0.3 is 9.30 Å². The van der Waals surface area contributed by atoms with Crippen LogP contribution in [0.25, 0.3) is 11.2 Å². The van der Waals surface area contributed by atoms with Gasteiger partial charge in [0.15, 0.2) is 11.2 Å². The zero-order valence-electron chi connectivity index (χ0n) is 17.6. The van der Waals surface area contributed by atoms with Gasteiger partial charge in [-0.25, -0.2) is 14.6 Å². The molecule has 30 heavy (non-hydrogen) atoms. The summed E-state index contributed by atoms with van der Waals surface area (Å²) in [7, 11) is 0. The fraction of sp³-hybridized carbons (Fsp3) is 0.476. The van der Waals surface area contributed by atoms with E-state index in [9.17, 15) is 14.4 Å². The highest BCUT2D eigenvalue weighted by molar-refractivity contribution is 5.88. The maximum Gasteiger partial charge on any atom is 0.340 e. The number of carbonyl (C=O) groups excluding carboxylic acids is 1. The number of pyridine rings is 1. The van der Waals surface area contributed by atoms with E-state index in [1.54, 1.807) is 22.9 Å². The minimum absolute atomic E-state index is 0.109. The third-order valence-corrected chi connectivity index (χ3v) is 4.86. The van der Waals surface area contributed by atoms with Gasteiger partial charge in [0.1, 0.15) is 12.4 Å². The normalized spacial score (nSPS) is 11.3. The monoisotopic (exact) mass is 413 g/mol. The molecule has 1 N–H and O–H groups in total. The molecule has 0 aliphatic carbocycles. The average Bonchev–Trinajstić information content (AvgIpc) is 3.09. The topological polar surface area (TPSA) is 112 Å². The first-order valence-electron chi connectivity index (χ1n) is 10.2. The third kappa shape index (κ3) is 4.67. The van der Waals surface area contributed by atoms with Gasteiger partial charge in [-0.15, -0.1) is 0 Å². The number of aryl methyl sites for hydroxylation is 2. The predicted octanol–water partition coefficient (Wildman–Crippen LogP) is 2.48. The summed E-state index contributed by atoms with van der Waals surface area (Å²) in [5.41, 5.74) is 0.0319. The molecule has 0 aromatic carbocycles. The quantitative estimate of drug-likeness (QED) is 0.540. The van der Waals surface area contributed by atoms with Crippen LogP contribution < -0.4 is 11.2 Å². The summed E-state index contributed by atoms with van der Waals surface area (Å²) in [5, 5.41) is 0. The highest BCUT2D eigenvalue weighted by Gasteiger charge is 2.20. The van der Waals surface area contributed by atoms with Crippen molar-refractivity contribution in [3.63, 3.8) is 0 Å². The highest BCUT2D eigenvalue weighted by Crippen LogP contribution is 2.16. The SMILES string of the molecule is CCCCn1c(=O)[nH]c(=O)c2c1nc(COC(=O)c1cccnc1)n2CCC(C)C. The number of ether oxygens (including phenoxy) is 1. The lowest BCUT2D eigenvalue weighted by Gasteiger charge is -2.11. The van der Waals surface area contributed by atoms with Gasteiger partial charge >= 0.3 is 11.7 Å². The average molecular weight is 413 g/mol. The van der Waals surface area contributed by atoms with E-state index in [1.165, 1.54) is 10.8 Å². The van der Waals surface area contributed by atoms with Crippen molar-refractivity contribution in [1.29, 1.82) is 0 Å². The van der Waals surface area contributed by atoms with Crippen LogP contribution in [0.4, 0.5) is 0 Å². The Morgan fingerprint density at radius 3 is 2.70 bits per heavy atom. The molecule has 0 saturated heterocycles. The number of imidazole rings is 1. The standard InChI is InChI=1S/C21H27N5O4/c1-4-5-10-26-18-17(19(27)24-21(26)29)25(11-8-14(2)3)16(23-18)13-30-20(28)15-7-6-9-22-12-15/h6-7,9,12,14H,4-5,8,10-11,13H2,1-3H3,(H,24,27,29). The van der Waals surface area contributed by atoms with Crippen molar-refractivity contribution < 1.29 is 9.53 Å². The van der Waals surface area contributed by atoms with Crippen molar-refractivity contribution >= 4 is 17.1 Å². The second-order valence-corrected chi connectivity index (χ2v) is 7.62. The number of aromatic nitrogens is 5. The van der Waals surface area contributed by atoms with Gasteiger partial charge in [-0.3, -0.25) is 19.3 Å². The molecule has 3 rings (SSSR count). The van der Waals surface area contributed by atoms with Crippen LogP contribution in [0.5, 0.6) is 0 Å². The van der Waals surface area contributed by atoms with Crippen LogP contribution in [0.15, 0.2) is 34.1 Å². The van der Waals surface area contributed by atoms with Crippen LogP contribution in [0, 0.1) is 5.92 Å². The molecule has 0 bridgehead atoms. The van der Waals surface area contributed by atoms with Crippen LogP contribution in [-0.2, 0) is 24.4 Å². The predicted molar refractivity (Wildman–Crippen MR) is 112 cm³/mol. The molecule has 3 aromatic heterocycles. The molecule has 0 unspecified atom stereocenters. The van der Waals surface area contributed by atoms with E-state index >= 15 is 0 Å². The minimum Gasteiger partial charge on any atom is -0.454 e. The molecule has 3 aromatic rings. The number of rotatable bonds is 9. The number of esters is 1. The van der Waals surface area contributed by atoms with Crippen LogP contribution >= 0.6 is 0 Å². The summed E-state index contributed by atoms with van der Waals surface area (Å²) in [5.74, 6) is 0.311. The largest absolute Gasteiger partial charge is 0.454 e. The Labute approximate surface area is 173 Å². The number of unbranched alkanes of at least 4 members (excludes halogenated alkanes) is 1. The molecule has 0 radical (unpaired) electrons. The van der Waals surface area contributed by atoms with Gasteiger partial charge in [-0.1, -0.05) is 27.2 Å². The van der Waals surface area contributed by atoms with Crippen molar-refractivity contribution in [2.45, 2.75) is 59.7 Å². The zero-order valence-corrected chi connectivity index (χ0v) is 17.6. The second-order valence-electron chi connectivity index (χ2n) is 7.62. The van der Waals surface area contributed by atoms with E-state index in [0.717, 1.165) is 19.3 Å². The van der Waals surface area contributed by atoms with Crippen molar-refractivity contribution in [2.75, 3.05) is 0 Å². The van der Waals surface area contributed by atoms with Gasteiger partial charge in [-0.2, -0.15) is 0 Å². The first-order valence-corrected chi connectivity index (χ1v) is 10.2. The van der Waals surface area contributed by atoms with Crippen molar-refractivity contribution in [3.8, 4) is 0 Å². The molecule has 0 fully saturated rings.